The third kappa shape index (κ3) is 4.21. The molecular weight excluding hydrogens is 278 g/mol. The lowest BCUT2D eigenvalue weighted by Gasteiger charge is -2.14. The molecule has 6 heteroatoms. The van der Waals surface area contributed by atoms with Crippen molar-refractivity contribution in [2.45, 2.75) is 13.8 Å². The molecule has 0 saturated carbocycles. The van der Waals surface area contributed by atoms with Gasteiger partial charge in [-0.15, -0.1) is 0 Å². The fraction of sp³-hybridized carbons (Fsp3) is 0.333. The molecule has 0 aliphatic rings. The van der Waals surface area contributed by atoms with Crippen LogP contribution in [0.2, 0.25) is 5.02 Å². The molecule has 0 atom stereocenters. The van der Waals surface area contributed by atoms with E-state index in [-0.39, 0.29) is 13.2 Å². The first-order chi connectivity index (χ1) is 8.51. The Kier molecular flexibility index (Phi) is 6.03. The van der Waals surface area contributed by atoms with Crippen LogP contribution < -0.4 is 0 Å². The molecule has 1 aromatic carbocycles. The molecule has 1 aromatic rings. The van der Waals surface area contributed by atoms with Crippen LogP contribution in [-0.2, 0) is 13.6 Å². The molecule has 0 aromatic heterocycles. The summed E-state index contributed by atoms with van der Waals surface area (Å²) in [6.07, 6.45) is 1.13. The first-order valence-corrected chi connectivity index (χ1v) is 7.46. The highest BCUT2D eigenvalue weighted by Gasteiger charge is 2.30. The van der Waals surface area contributed by atoms with Crippen LogP contribution in [0.4, 0.5) is 4.39 Å². The molecule has 18 heavy (non-hydrogen) atoms. The minimum absolute atomic E-state index is 0.110. The molecule has 0 unspecified atom stereocenters. The molecule has 0 aliphatic carbocycles. The third-order valence-corrected chi connectivity index (χ3v) is 4.12. The molecular formula is C12H15ClFO3P. The second kappa shape index (κ2) is 7.05. The number of hydrogen-bond acceptors (Lipinski definition) is 3. The quantitative estimate of drug-likeness (QED) is 0.701. The Hall–Kier alpha value is -0.670. The van der Waals surface area contributed by atoms with Gasteiger partial charge in [0.15, 0.2) is 0 Å². The maximum atomic E-state index is 13.9. The van der Waals surface area contributed by atoms with Gasteiger partial charge in [0.2, 0.25) is 5.57 Å². The van der Waals surface area contributed by atoms with Crippen LogP contribution in [0.1, 0.15) is 19.4 Å². The van der Waals surface area contributed by atoms with Crippen molar-refractivity contribution < 1.29 is 18.0 Å². The molecule has 100 valence electrons. The molecule has 0 radical (unpaired) electrons. The van der Waals surface area contributed by atoms with E-state index in [2.05, 4.69) is 0 Å². The summed E-state index contributed by atoms with van der Waals surface area (Å²) in [4.78, 5) is 0. The molecule has 0 saturated heterocycles. The fourth-order valence-electron chi connectivity index (χ4n) is 1.28. The van der Waals surface area contributed by atoms with E-state index in [1.54, 1.807) is 38.1 Å². The molecule has 1 rings (SSSR count). The lowest BCUT2D eigenvalue weighted by Crippen LogP contribution is -1.96. The van der Waals surface area contributed by atoms with E-state index in [0.29, 0.717) is 10.6 Å². The van der Waals surface area contributed by atoms with E-state index in [4.69, 9.17) is 20.6 Å². The van der Waals surface area contributed by atoms with Gasteiger partial charge in [0.05, 0.1) is 13.2 Å². The third-order valence-electron chi connectivity index (χ3n) is 2.02. The number of halogens is 2. The van der Waals surface area contributed by atoms with Crippen LogP contribution >= 0.6 is 19.2 Å². The summed E-state index contributed by atoms with van der Waals surface area (Å²) in [6, 6.07) is 6.47. The van der Waals surface area contributed by atoms with Gasteiger partial charge >= 0.3 is 7.60 Å². The Morgan fingerprint density at radius 2 is 1.78 bits per heavy atom. The molecule has 0 bridgehead atoms. The fourth-order valence-corrected chi connectivity index (χ4v) is 2.71. The lowest BCUT2D eigenvalue weighted by atomic mass is 10.2. The van der Waals surface area contributed by atoms with Crippen molar-refractivity contribution in [2.75, 3.05) is 13.2 Å². The zero-order valence-electron chi connectivity index (χ0n) is 10.2. The highest BCUT2D eigenvalue weighted by molar-refractivity contribution is 7.58. The summed E-state index contributed by atoms with van der Waals surface area (Å²) in [7, 11) is -3.83. The maximum Gasteiger partial charge on any atom is 0.389 e. The summed E-state index contributed by atoms with van der Waals surface area (Å²) in [5, 5.41) is 0.547. The van der Waals surface area contributed by atoms with Crippen LogP contribution in [0, 0.1) is 0 Å². The highest BCUT2D eigenvalue weighted by atomic mass is 35.5. The smallest absolute Gasteiger partial charge is 0.304 e. The number of benzene rings is 1. The van der Waals surface area contributed by atoms with Gasteiger partial charge in [-0.3, -0.25) is 4.57 Å². The van der Waals surface area contributed by atoms with E-state index in [1.165, 1.54) is 0 Å². The van der Waals surface area contributed by atoms with Gasteiger partial charge in [0.1, 0.15) is 0 Å². The van der Waals surface area contributed by atoms with E-state index in [0.717, 1.165) is 6.08 Å². The highest BCUT2D eigenvalue weighted by Crippen LogP contribution is 2.57. The number of rotatable bonds is 6. The van der Waals surface area contributed by atoms with Crippen molar-refractivity contribution in [3.63, 3.8) is 0 Å². The van der Waals surface area contributed by atoms with Gasteiger partial charge < -0.3 is 9.05 Å². The molecule has 3 nitrogen and oxygen atoms in total. The topological polar surface area (TPSA) is 35.5 Å². The molecule has 0 aliphatic heterocycles. The van der Waals surface area contributed by atoms with Gasteiger partial charge in [-0.1, -0.05) is 23.7 Å². The summed E-state index contributed by atoms with van der Waals surface area (Å²) in [6.45, 7) is 3.47. The lowest BCUT2D eigenvalue weighted by molar-refractivity contribution is 0.220. The number of hydrogen-bond donors (Lipinski definition) is 0. The molecule has 0 fully saturated rings. The summed E-state index contributed by atoms with van der Waals surface area (Å²) >= 11 is 5.72. The second-order valence-corrected chi connectivity index (χ2v) is 5.73. The van der Waals surface area contributed by atoms with Gasteiger partial charge in [-0.25, -0.2) is 0 Å². The van der Waals surface area contributed by atoms with Gasteiger partial charge in [0.25, 0.3) is 0 Å². The van der Waals surface area contributed by atoms with Gasteiger partial charge in [-0.2, -0.15) is 4.39 Å². The van der Waals surface area contributed by atoms with Crippen molar-refractivity contribution in [1.82, 2.24) is 0 Å². The van der Waals surface area contributed by atoms with Gasteiger partial charge in [0, 0.05) is 5.02 Å². The minimum atomic E-state index is -3.83. The predicted octanol–water partition coefficient (Wildman–Crippen LogP) is 4.87. The van der Waals surface area contributed by atoms with Gasteiger partial charge in [-0.05, 0) is 37.6 Å². The average molecular weight is 293 g/mol. The average Bonchev–Trinajstić information content (AvgIpc) is 2.32. The molecule has 0 heterocycles. The molecule has 0 N–H and O–H groups in total. The maximum absolute atomic E-state index is 13.9. The van der Waals surface area contributed by atoms with E-state index < -0.39 is 13.2 Å². The minimum Gasteiger partial charge on any atom is -0.304 e. The van der Waals surface area contributed by atoms with Crippen LogP contribution in [0.3, 0.4) is 0 Å². The predicted molar refractivity (Wildman–Crippen MR) is 71.4 cm³/mol. The second-order valence-electron chi connectivity index (χ2n) is 3.35. The van der Waals surface area contributed by atoms with Crippen molar-refractivity contribution >= 4 is 25.3 Å². The first kappa shape index (κ1) is 15.4. The summed E-state index contributed by atoms with van der Waals surface area (Å²) in [5.74, 6) is 0. The Labute approximate surface area is 111 Å². The monoisotopic (exact) mass is 292 g/mol. The molecule has 0 amide bonds. The van der Waals surface area contributed by atoms with Crippen LogP contribution in [-0.4, -0.2) is 13.2 Å². The van der Waals surface area contributed by atoms with Crippen molar-refractivity contribution in [2.24, 2.45) is 0 Å². The van der Waals surface area contributed by atoms with E-state index in [9.17, 15) is 8.96 Å². The Morgan fingerprint density at radius 1 is 1.28 bits per heavy atom. The SMILES string of the molecule is CCOP(=O)(OCC)/C(F)=C\c1ccc(Cl)cc1. The van der Waals surface area contributed by atoms with Crippen molar-refractivity contribution in [3.05, 3.63) is 40.4 Å². The zero-order chi connectivity index (χ0) is 13.6. The molecule has 0 spiro atoms. The zero-order valence-corrected chi connectivity index (χ0v) is 11.9. The first-order valence-electron chi connectivity index (χ1n) is 5.54. The Morgan fingerprint density at radius 3 is 2.22 bits per heavy atom. The largest absolute Gasteiger partial charge is 0.389 e. The normalized spacial score (nSPS) is 12.8. The summed E-state index contributed by atoms with van der Waals surface area (Å²) in [5.41, 5.74) is -0.370. The summed E-state index contributed by atoms with van der Waals surface area (Å²) < 4.78 is 35.8. The van der Waals surface area contributed by atoms with Crippen LogP contribution in [0.25, 0.3) is 6.08 Å². The Balaban J connectivity index is 2.98. The Bertz CT molecular complexity index is 449. The van der Waals surface area contributed by atoms with Crippen LogP contribution in [0.15, 0.2) is 29.8 Å². The van der Waals surface area contributed by atoms with E-state index in [1.807, 2.05) is 0 Å². The van der Waals surface area contributed by atoms with E-state index >= 15 is 0 Å². The standard InChI is InChI=1S/C12H15ClFO3P/c1-3-16-18(15,17-4-2)12(14)9-10-5-7-11(13)8-6-10/h5-9H,3-4H2,1-2H3/b12-9-. The van der Waals surface area contributed by atoms with Crippen LogP contribution in [0.5, 0.6) is 0 Å². The van der Waals surface area contributed by atoms with Crippen molar-refractivity contribution in [3.8, 4) is 0 Å². The van der Waals surface area contributed by atoms with Crippen molar-refractivity contribution in [1.29, 1.82) is 0 Å².